The zero-order valence-electron chi connectivity index (χ0n) is 9.80. The van der Waals surface area contributed by atoms with Crippen LogP contribution in [0.2, 0.25) is 0 Å². The second-order valence-electron chi connectivity index (χ2n) is 3.79. The van der Waals surface area contributed by atoms with Crippen LogP contribution in [-0.4, -0.2) is 19.3 Å². The second kappa shape index (κ2) is 7.77. The molecule has 0 N–H and O–H groups in total. The van der Waals surface area contributed by atoms with Crippen molar-refractivity contribution in [3.05, 3.63) is 26.6 Å². The highest BCUT2D eigenvalue weighted by molar-refractivity contribution is 9.11. The fourth-order valence-corrected chi connectivity index (χ4v) is 3.09. The SMILES string of the molecule is CC(C)OCCOc1c(Br)cc(CBr)cc1Br. The van der Waals surface area contributed by atoms with Crippen molar-refractivity contribution in [2.24, 2.45) is 0 Å². The highest BCUT2D eigenvalue weighted by atomic mass is 79.9. The van der Waals surface area contributed by atoms with Gasteiger partial charge in [0.1, 0.15) is 12.4 Å². The van der Waals surface area contributed by atoms with E-state index in [1.54, 1.807) is 0 Å². The third kappa shape index (κ3) is 5.28. The van der Waals surface area contributed by atoms with E-state index in [9.17, 15) is 0 Å². The van der Waals surface area contributed by atoms with Crippen LogP contribution in [0.1, 0.15) is 19.4 Å². The van der Waals surface area contributed by atoms with Gasteiger partial charge in [0.05, 0.1) is 21.7 Å². The molecule has 0 aliphatic rings. The Kier molecular flexibility index (Phi) is 7.07. The summed E-state index contributed by atoms with van der Waals surface area (Å²) in [4.78, 5) is 0. The predicted molar refractivity (Wildman–Crippen MR) is 81.1 cm³/mol. The summed E-state index contributed by atoms with van der Waals surface area (Å²) in [6, 6.07) is 4.08. The van der Waals surface area contributed by atoms with Gasteiger partial charge in [-0.15, -0.1) is 0 Å². The molecule has 1 rings (SSSR count). The van der Waals surface area contributed by atoms with Crippen LogP contribution in [0.25, 0.3) is 0 Å². The molecule has 0 aliphatic heterocycles. The number of hydrogen-bond acceptors (Lipinski definition) is 2. The molecule has 0 aliphatic carbocycles. The van der Waals surface area contributed by atoms with Crippen LogP contribution in [0.15, 0.2) is 21.1 Å². The first-order chi connectivity index (χ1) is 8.04. The molecule has 0 aromatic heterocycles. The van der Waals surface area contributed by atoms with Crippen LogP contribution < -0.4 is 4.74 Å². The minimum absolute atomic E-state index is 0.237. The standard InChI is InChI=1S/C12H15Br3O2/c1-8(2)16-3-4-17-12-10(14)5-9(7-13)6-11(12)15/h5-6,8H,3-4,7H2,1-2H3. The molecular weight excluding hydrogens is 416 g/mol. The summed E-state index contributed by atoms with van der Waals surface area (Å²) in [5.41, 5.74) is 1.19. The molecule has 0 unspecified atom stereocenters. The first kappa shape index (κ1) is 15.5. The average Bonchev–Trinajstić information content (AvgIpc) is 2.26. The second-order valence-corrected chi connectivity index (χ2v) is 6.06. The Hall–Kier alpha value is 0.420. The van der Waals surface area contributed by atoms with Crippen LogP contribution in [-0.2, 0) is 10.1 Å². The fraction of sp³-hybridized carbons (Fsp3) is 0.500. The van der Waals surface area contributed by atoms with Gasteiger partial charge in [-0.1, -0.05) is 15.9 Å². The van der Waals surface area contributed by atoms with E-state index in [-0.39, 0.29) is 6.10 Å². The highest BCUT2D eigenvalue weighted by Crippen LogP contribution is 2.35. The minimum Gasteiger partial charge on any atom is -0.489 e. The number of benzene rings is 1. The van der Waals surface area contributed by atoms with Crippen LogP contribution in [0.5, 0.6) is 5.75 Å². The highest BCUT2D eigenvalue weighted by Gasteiger charge is 2.08. The third-order valence-electron chi connectivity index (χ3n) is 1.99. The van der Waals surface area contributed by atoms with Gasteiger partial charge in [0.15, 0.2) is 0 Å². The van der Waals surface area contributed by atoms with Crippen molar-refractivity contribution in [1.29, 1.82) is 0 Å². The third-order valence-corrected chi connectivity index (χ3v) is 3.82. The summed E-state index contributed by atoms with van der Waals surface area (Å²) in [6.07, 6.45) is 0.237. The maximum atomic E-state index is 5.68. The summed E-state index contributed by atoms with van der Waals surface area (Å²) in [6.45, 7) is 5.16. The van der Waals surface area contributed by atoms with Crippen LogP contribution in [0.4, 0.5) is 0 Å². The molecule has 1 aromatic carbocycles. The van der Waals surface area contributed by atoms with E-state index in [1.165, 1.54) is 5.56 Å². The molecule has 96 valence electrons. The number of alkyl halides is 1. The first-order valence-electron chi connectivity index (χ1n) is 5.33. The van der Waals surface area contributed by atoms with Crippen molar-refractivity contribution < 1.29 is 9.47 Å². The lowest BCUT2D eigenvalue weighted by Gasteiger charge is -2.13. The quantitative estimate of drug-likeness (QED) is 0.471. The van der Waals surface area contributed by atoms with Gasteiger partial charge in [-0.05, 0) is 63.4 Å². The van der Waals surface area contributed by atoms with Crippen molar-refractivity contribution in [2.45, 2.75) is 25.3 Å². The molecule has 1 aromatic rings. The summed E-state index contributed by atoms with van der Waals surface area (Å²) in [5.74, 6) is 0.821. The lowest BCUT2D eigenvalue weighted by Crippen LogP contribution is -2.11. The van der Waals surface area contributed by atoms with Gasteiger partial charge in [-0.2, -0.15) is 0 Å². The smallest absolute Gasteiger partial charge is 0.147 e. The molecule has 5 heteroatoms. The lowest BCUT2D eigenvalue weighted by molar-refractivity contribution is 0.0549. The summed E-state index contributed by atoms with van der Waals surface area (Å²) < 4.78 is 13.0. The molecule has 0 heterocycles. The van der Waals surface area contributed by atoms with E-state index in [0.717, 1.165) is 20.0 Å². The zero-order chi connectivity index (χ0) is 12.8. The Morgan fingerprint density at radius 1 is 1.12 bits per heavy atom. The van der Waals surface area contributed by atoms with Crippen molar-refractivity contribution >= 4 is 47.8 Å². The molecule has 0 bridgehead atoms. The summed E-state index contributed by atoms with van der Waals surface area (Å²) in [7, 11) is 0. The van der Waals surface area contributed by atoms with Crippen molar-refractivity contribution in [3.8, 4) is 5.75 Å². The number of rotatable bonds is 6. The number of ether oxygens (including phenoxy) is 2. The maximum absolute atomic E-state index is 5.68. The van der Waals surface area contributed by atoms with Crippen molar-refractivity contribution in [2.75, 3.05) is 13.2 Å². The maximum Gasteiger partial charge on any atom is 0.147 e. The molecule has 0 fully saturated rings. The molecule has 0 saturated heterocycles. The molecule has 2 nitrogen and oxygen atoms in total. The molecular formula is C12H15Br3O2. The number of halogens is 3. The van der Waals surface area contributed by atoms with E-state index in [1.807, 2.05) is 26.0 Å². The average molecular weight is 431 g/mol. The van der Waals surface area contributed by atoms with Gasteiger partial charge in [0.25, 0.3) is 0 Å². The molecule has 0 atom stereocenters. The monoisotopic (exact) mass is 428 g/mol. The van der Waals surface area contributed by atoms with Gasteiger partial charge < -0.3 is 9.47 Å². The largest absolute Gasteiger partial charge is 0.489 e. The van der Waals surface area contributed by atoms with E-state index >= 15 is 0 Å². The molecule has 0 radical (unpaired) electrons. The fourth-order valence-electron chi connectivity index (χ4n) is 1.25. The Balaban J connectivity index is 2.59. The topological polar surface area (TPSA) is 18.5 Å². The molecule has 17 heavy (non-hydrogen) atoms. The minimum atomic E-state index is 0.237. The molecule has 0 spiro atoms. The van der Waals surface area contributed by atoms with Crippen LogP contribution in [0, 0.1) is 0 Å². The van der Waals surface area contributed by atoms with Crippen molar-refractivity contribution in [3.63, 3.8) is 0 Å². The van der Waals surface area contributed by atoms with Gasteiger partial charge in [0, 0.05) is 5.33 Å². The van der Waals surface area contributed by atoms with Gasteiger partial charge in [-0.3, -0.25) is 0 Å². The van der Waals surface area contributed by atoms with E-state index in [4.69, 9.17) is 9.47 Å². The van der Waals surface area contributed by atoms with E-state index in [2.05, 4.69) is 47.8 Å². The van der Waals surface area contributed by atoms with E-state index in [0.29, 0.717) is 13.2 Å². The normalized spacial score (nSPS) is 10.9. The summed E-state index contributed by atoms with van der Waals surface area (Å²) >= 11 is 10.4. The first-order valence-corrected chi connectivity index (χ1v) is 8.03. The zero-order valence-corrected chi connectivity index (χ0v) is 14.6. The van der Waals surface area contributed by atoms with Crippen LogP contribution >= 0.6 is 47.8 Å². The van der Waals surface area contributed by atoms with Crippen LogP contribution in [0.3, 0.4) is 0 Å². The van der Waals surface area contributed by atoms with Gasteiger partial charge in [0.2, 0.25) is 0 Å². The number of hydrogen-bond donors (Lipinski definition) is 0. The Bertz CT molecular complexity index is 344. The Morgan fingerprint density at radius 2 is 1.71 bits per heavy atom. The lowest BCUT2D eigenvalue weighted by atomic mass is 10.2. The predicted octanol–water partition coefficient (Wildman–Crippen LogP) is 4.91. The molecule has 0 amide bonds. The van der Waals surface area contributed by atoms with Gasteiger partial charge in [-0.25, -0.2) is 0 Å². The molecule has 0 saturated carbocycles. The van der Waals surface area contributed by atoms with E-state index < -0.39 is 0 Å². The Morgan fingerprint density at radius 3 is 2.18 bits per heavy atom. The summed E-state index contributed by atoms with van der Waals surface area (Å²) in [5, 5.41) is 0.820. The Labute approximate surface area is 127 Å². The van der Waals surface area contributed by atoms with Crippen molar-refractivity contribution in [1.82, 2.24) is 0 Å². The van der Waals surface area contributed by atoms with Gasteiger partial charge >= 0.3 is 0 Å².